The lowest BCUT2D eigenvalue weighted by Gasteiger charge is -2.14. The first-order valence-corrected chi connectivity index (χ1v) is 3.46. The lowest BCUT2D eigenvalue weighted by molar-refractivity contribution is -0.849. The second-order valence-electron chi connectivity index (χ2n) is 2.96. The smallest absolute Gasteiger partial charge is 0.0748 e. The molecule has 0 spiro atoms. The Morgan fingerprint density at radius 2 is 1.40 bits per heavy atom. The van der Waals surface area contributed by atoms with Crippen molar-refractivity contribution in [1.82, 2.24) is 0 Å². The molecule has 10 heavy (non-hydrogen) atoms. The molecule has 0 saturated carbocycles. The maximum Gasteiger partial charge on any atom is 0.0748 e. The van der Waals surface area contributed by atoms with E-state index in [0.717, 1.165) is 4.48 Å². The zero-order valence-electron chi connectivity index (χ0n) is 6.49. The predicted octanol–water partition coefficient (Wildman–Crippen LogP) is -1.61. The summed E-state index contributed by atoms with van der Waals surface area (Å²) in [6, 6.07) is 0. The van der Waals surface area contributed by atoms with Crippen molar-refractivity contribution in [1.29, 1.82) is 0 Å². The second-order valence-corrected chi connectivity index (χ2v) is 3.50. The van der Waals surface area contributed by atoms with E-state index >= 15 is 0 Å². The van der Waals surface area contributed by atoms with Crippen molar-refractivity contribution in [3.8, 4) is 0 Å². The molecule has 5 nitrogen and oxygen atoms in total. The molecule has 0 heterocycles. The lowest BCUT2D eigenvalue weighted by atomic mass is 10.8. The van der Waals surface area contributed by atoms with Gasteiger partial charge in [0.1, 0.15) is 0 Å². The highest BCUT2D eigenvalue weighted by atomic mass is 32.2. The topological polar surface area (TPSA) is 72.4 Å². The van der Waals surface area contributed by atoms with E-state index in [1.165, 1.54) is 0 Å². The first-order valence-electron chi connectivity index (χ1n) is 2.46. The third-order valence-electron chi connectivity index (χ3n) is 0.0556. The third kappa shape index (κ3) is 98.6. The van der Waals surface area contributed by atoms with Gasteiger partial charge < -0.3 is 18.6 Å². The minimum atomic E-state index is -2.88. The van der Waals surface area contributed by atoms with E-state index in [0.29, 0.717) is 0 Å². The Balaban J connectivity index is 0. The molecule has 0 bridgehead atoms. The van der Waals surface area contributed by atoms with Gasteiger partial charge in [-0.2, -0.15) is 0 Å². The van der Waals surface area contributed by atoms with E-state index in [-0.39, 0.29) is 0 Å². The Morgan fingerprint density at radius 3 is 1.40 bits per heavy atom. The van der Waals surface area contributed by atoms with E-state index in [1.807, 2.05) is 0 Å². The fourth-order valence-electron chi connectivity index (χ4n) is 0. The standard InChI is InChI=1S/C4H12N.H2O4S/c1-5(2,3)4;1-4-5(2)3/h1-4H3;1H,(H,2,3)/q+1;/p-2. The van der Waals surface area contributed by atoms with Crippen LogP contribution in [0.4, 0.5) is 0 Å². The molecule has 0 radical (unpaired) electrons. The van der Waals surface area contributed by atoms with Crippen LogP contribution in [0.1, 0.15) is 0 Å². The monoisotopic (exact) mass is 170 g/mol. The predicted molar refractivity (Wildman–Crippen MR) is 34.0 cm³/mol. The summed E-state index contributed by atoms with van der Waals surface area (Å²) in [7, 11) is 8.50. The number of rotatable bonds is 1. The van der Waals surface area contributed by atoms with Gasteiger partial charge in [-0.1, -0.05) is 0 Å². The van der Waals surface area contributed by atoms with Gasteiger partial charge in [0.2, 0.25) is 0 Å². The van der Waals surface area contributed by atoms with Crippen LogP contribution in [-0.4, -0.2) is 41.4 Å². The largest absolute Gasteiger partial charge is 0.750 e. The van der Waals surface area contributed by atoms with E-state index in [1.54, 1.807) is 0 Å². The fraction of sp³-hybridized carbons (Fsp3) is 1.00. The summed E-state index contributed by atoms with van der Waals surface area (Å²) in [4.78, 5) is 0. The van der Waals surface area contributed by atoms with Crippen molar-refractivity contribution in [2.75, 3.05) is 28.2 Å². The molecule has 0 aliphatic rings. The Bertz CT molecular complexity index is 93.9. The summed E-state index contributed by atoms with van der Waals surface area (Å²) in [5.74, 6) is 0. The molecule has 0 amide bonds. The highest BCUT2D eigenvalue weighted by Gasteiger charge is 1.88. The molecule has 64 valence electrons. The molecule has 1 atom stereocenters. The molecule has 0 aliphatic carbocycles. The molecule has 6 heteroatoms. The molecule has 0 rings (SSSR count). The van der Waals surface area contributed by atoms with Crippen LogP contribution in [0.5, 0.6) is 0 Å². The summed E-state index contributed by atoms with van der Waals surface area (Å²) >= 11 is -2.88. The molecular weight excluding hydrogens is 158 g/mol. The highest BCUT2D eigenvalue weighted by Crippen LogP contribution is 1.73. The molecule has 0 aromatic rings. The van der Waals surface area contributed by atoms with Gasteiger partial charge in [-0.3, -0.25) is 0 Å². The van der Waals surface area contributed by atoms with Crippen LogP contribution in [0.2, 0.25) is 0 Å². The lowest BCUT2D eigenvalue weighted by Crippen LogP contribution is -2.27. The Labute approximate surface area is 63.2 Å². The van der Waals surface area contributed by atoms with Crippen LogP contribution in [0.15, 0.2) is 0 Å². The molecular formula is C4H12NO4S-. The van der Waals surface area contributed by atoms with Gasteiger partial charge in [-0.05, 0) is 0 Å². The van der Waals surface area contributed by atoms with Crippen LogP contribution in [-0.2, 0) is 15.7 Å². The Kier molecular flexibility index (Phi) is 7.27. The fourth-order valence-corrected chi connectivity index (χ4v) is 0. The zero-order chi connectivity index (χ0) is 8.78. The maximum atomic E-state index is 8.83. The molecule has 0 aliphatic heterocycles. The Hall–Kier alpha value is -0.0100. The van der Waals surface area contributed by atoms with Gasteiger partial charge in [0.25, 0.3) is 0 Å². The average molecular weight is 170 g/mol. The zero-order valence-corrected chi connectivity index (χ0v) is 7.30. The second kappa shape index (κ2) is 5.75. The number of quaternary nitrogens is 1. The van der Waals surface area contributed by atoms with Gasteiger partial charge in [-0.15, -0.1) is 0 Å². The molecule has 0 aromatic heterocycles. The summed E-state index contributed by atoms with van der Waals surface area (Å²) in [5, 5.41) is 8.52. The first-order chi connectivity index (χ1) is 4.27. The van der Waals surface area contributed by atoms with Crippen LogP contribution in [0.25, 0.3) is 0 Å². The van der Waals surface area contributed by atoms with Gasteiger partial charge >= 0.3 is 0 Å². The summed E-state index contributed by atoms with van der Waals surface area (Å²) in [6.07, 6.45) is 0. The first kappa shape index (κ1) is 12.6. The SMILES string of the molecule is C[N+](C)(C)C.O=S([O-])O[O-]. The average Bonchev–Trinajstić information content (AvgIpc) is 1.61. The van der Waals surface area contributed by atoms with Gasteiger partial charge in [0, 0.05) is 0 Å². The molecule has 0 aromatic carbocycles. The van der Waals surface area contributed by atoms with Crippen LogP contribution >= 0.6 is 0 Å². The Morgan fingerprint density at radius 1 is 1.30 bits per heavy atom. The van der Waals surface area contributed by atoms with Gasteiger partial charge in [-0.25, -0.2) is 4.21 Å². The molecule has 0 fully saturated rings. The quantitative estimate of drug-likeness (QED) is 0.205. The van der Waals surface area contributed by atoms with Crippen LogP contribution in [0.3, 0.4) is 0 Å². The third-order valence-corrected chi connectivity index (χ3v) is 0.167. The van der Waals surface area contributed by atoms with Gasteiger partial charge in [0.15, 0.2) is 0 Å². The number of hydrogen-bond donors (Lipinski definition) is 0. The van der Waals surface area contributed by atoms with Crippen molar-refractivity contribution in [2.45, 2.75) is 0 Å². The van der Waals surface area contributed by atoms with Crippen LogP contribution < -0.4 is 5.26 Å². The number of nitrogens with zero attached hydrogens (tertiary/aromatic N) is 1. The van der Waals surface area contributed by atoms with Crippen molar-refractivity contribution >= 4 is 11.4 Å². The molecule has 1 unspecified atom stereocenters. The summed E-state index contributed by atoms with van der Waals surface area (Å²) in [5.41, 5.74) is 0. The van der Waals surface area contributed by atoms with E-state index in [4.69, 9.17) is 14.0 Å². The van der Waals surface area contributed by atoms with Crippen molar-refractivity contribution in [3.63, 3.8) is 0 Å². The minimum Gasteiger partial charge on any atom is -0.750 e. The van der Waals surface area contributed by atoms with E-state index in [2.05, 4.69) is 32.5 Å². The van der Waals surface area contributed by atoms with Crippen molar-refractivity contribution in [2.24, 2.45) is 0 Å². The summed E-state index contributed by atoms with van der Waals surface area (Å²) < 4.78 is 21.1. The maximum absolute atomic E-state index is 8.83. The van der Waals surface area contributed by atoms with Crippen LogP contribution in [0, 0.1) is 0 Å². The molecule has 0 saturated heterocycles. The highest BCUT2D eigenvalue weighted by molar-refractivity contribution is 7.73. The normalized spacial score (nSPS) is 13.4. The minimum absolute atomic E-state index is 1.00. The molecule has 0 N–H and O–H groups in total. The van der Waals surface area contributed by atoms with Crippen molar-refractivity contribution in [3.05, 3.63) is 0 Å². The summed E-state index contributed by atoms with van der Waals surface area (Å²) in [6.45, 7) is 0. The van der Waals surface area contributed by atoms with E-state index < -0.39 is 11.4 Å². The van der Waals surface area contributed by atoms with E-state index in [9.17, 15) is 0 Å². The van der Waals surface area contributed by atoms with Gasteiger partial charge in [0.05, 0.1) is 39.6 Å². The number of hydrogen-bond acceptors (Lipinski definition) is 4. The van der Waals surface area contributed by atoms with Crippen molar-refractivity contribution < 1.29 is 22.8 Å².